The maximum absolute atomic E-state index is 11.8. The first kappa shape index (κ1) is 12.2. The number of amides is 1. The van der Waals surface area contributed by atoms with Gasteiger partial charge in [0.1, 0.15) is 0 Å². The van der Waals surface area contributed by atoms with Crippen molar-refractivity contribution in [2.75, 3.05) is 6.54 Å². The molecule has 0 aromatic carbocycles. The predicted molar refractivity (Wildman–Crippen MR) is 62.3 cm³/mol. The van der Waals surface area contributed by atoms with Gasteiger partial charge in [-0.3, -0.25) is 4.79 Å². The Balaban J connectivity index is 2.35. The second-order valence-corrected chi connectivity index (χ2v) is 4.71. The fourth-order valence-electron chi connectivity index (χ4n) is 1.93. The van der Waals surface area contributed by atoms with Crippen molar-refractivity contribution >= 4 is 5.91 Å². The average Bonchev–Trinajstić information content (AvgIpc) is 2.66. The predicted octanol–water partition coefficient (Wildman–Crippen LogP) is 1.44. The maximum atomic E-state index is 11.8. The van der Waals surface area contributed by atoms with Crippen molar-refractivity contribution in [2.24, 2.45) is 17.6 Å². The van der Waals surface area contributed by atoms with Crippen molar-refractivity contribution in [3.8, 4) is 0 Å². The summed E-state index contributed by atoms with van der Waals surface area (Å²) in [5, 5.41) is 3.05. The van der Waals surface area contributed by atoms with Gasteiger partial charge in [0.25, 0.3) is 0 Å². The molecule has 1 aliphatic carbocycles. The van der Waals surface area contributed by atoms with Crippen LogP contribution in [0.5, 0.6) is 0 Å². The highest BCUT2D eigenvalue weighted by atomic mass is 16.1. The molecule has 0 bridgehead atoms. The molecule has 3 nitrogen and oxygen atoms in total. The summed E-state index contributed by atoms with van der Waals surface area (Å²) in [6.07, 6.45) is 7.04. The van der Waals surface area contributed by atoms with E-state index >= 15 is 0 Å². The van der Waals surface area contributed by atoms with Crippen LogP contribution in [0.25, 0.3) is 0 Å². The molecule has 86 valence electrons. The van der Waals surface area contributed by atoms with Gasteiger partial charge in [-0.1, -0.05) is 26.0 Å². The Morgan fingerprint density at radius 1 is 1.47 bits per heavy atom. The lowest BCUT2D eigenvalue weighted by Gasteiger charge is -2.19. The molecule has 0 radical (unpaired) electrons. The quantitative estimate of drug-likeness (QED) is 0.675. The molecule has 0 saturated heterocycles. The van der Waals surface area contributed by atoms with E-state index in [1.807, 2.05) is 0 Å². The topological polar surface area (TPSA) is 55.1 Å². The number of carbonyl (C=O) groups excluding carboxylic acids is 1. The Hall–Kier alpha value is -0.830. The zero-order valence-corrected chi connectivity index (χ0v) is 9.70. The van der Waals surface area contributed by atoms with Crippen LogP contribution in [0, 0.1) is 11.8 Å². The highest BCUT2D eigenvalue weighted by molar-refractivity contribution is 5.79. The van der Waals surface area contributed by atoms with Gasteiger partial charge >= 0.3 is 0 Å². The van der Waals surface area contributed by atoms with Crippen LogP contribution in [-0.2, 0) is 4.79 Å². The molecule has 0 spiro atoms. The number of hydrogen-bond donors (Lipinski definition) is 2. The summed E-state index contributed by atoms with van der Waals surface area (Å²) in [6, 6.07) is 0.304. The minimum atomic E-state index is -0.0226. The van der Waals surface area contributed by atoms with Gasteiger partial charge in [-0.25, -0.2) is 0 Å². The molecule has 0 fully saturated rings. The highest BCUT2D eigenvalue weighted by Crippen LogP contribution is 2.14. The maximum Gasteiger partial charge on any atom is 0.224 e. The first-order chi connectivity index (χ1) is 7.13. The average molecular weight is 210 g/mol. The van der Waals surface area contributed by atoms with E-state index in [0.29, 0.717) is 18.5 Å². The van der Waals surface area contributed by atoms with Crippen LogP contribution in [0.1, 0.15) is 33.1 Å². The van der Waals surface area contributed by atoms with Crippen LogP contribution in [-0.4, -0.2) is 18.5 Å². The molecule has 3 N–H and O–H groups in total. The summed E-state index contributed by atoms with van der Waals surface area (Å²) in [6.45, 7) is 4.68. The standard InChI is InChI=1S/C12H22N2O/c1-9(2)7-10(8-13)12(15)14-11-5-3-4-6-11/h3-4,9-11H,5-8,13H2,1-2H3,(H,14,15). The van der Waals surface area contributed by atoms with Crippen molar-refractivity contribution in [2.45, 2.75) is 39.2 Å². The molecular formula is C12H22N2O. The molecule has 1 unspecified atom stereocenters. The number of rotatable bonds is 5. The Bertz CT molecular complexity index is 228. The molecule has 0 aromatic rings. The fourth-order valence-corrected chi connectivity index (χ4v) is 1.93. The van der Waals surface area contributed by atoms with E-state index in [9.17, 15) is 4.79 Å². The third-order valence-corrected chi connectivity index (χ3v) is 2.77. The van der Waals surface area contributed by atoms with E-state index in [0.717, 1.165) is 19.3 Å². The van der Waals surface area contributed by atoms with Crippen LogP contribution >= 0.6 is 0 Å². The summed E-state index contributed by atoms with van der Waals surface area (Å²) in [7, 11) is 0. The van der Waals surface area contributed by atoms with E-state index in [1.165, 1.54) is 0 Å². The monoisotopic (exact) mass is 210 g/mol. The third kappa shape index (κ3) is 4.04. The fraction of sp³-hybridized carbons (Fsp3) is 0.750. The molecule has 0 saturated carbocycles. The second kappa shape index (κ2) is 5.91. The summed E-state index contributed by atoms with van der Waals surface area (Å²) in [5.74, 6) is 0.622. The number of hydrogen-bond acceptors (Lipinski definition) is 2. The van der Waals surface area contributed by atoms with Crippen molar-refractivity contribution in [1.29, 1.82) is 0 Å². The summed E-state index contributed by atoms with van der Waals surface area (Å²) >= 11 is 0. The molecule has 15 heavy (non-hydrogen) atoms. The van der Waals surface area contributed by atoms with Crippen molar-refractivity contribution in [3.63, 3.8) is 0 Å². The Morgan fingerprint density at radius 3 is 2.53 bits per heavy atom. The molecule has 3 heteroatoms. The van der Waals surface area contributed by atoms with Crippen molar-refractivity contribution in [1.82, 2.24) is 5.32 Å². The van der Waals surface area contributed by atoms with Gasteiger partial charge in [0.05, 0.1) is 5.92 Å². The van der Waals surface area contributed by atoms with Gasteiger partial charge in [-0.05, 0) is 25.2 Å². The van der Waals surface area contributed by atoms with E-state index in [-0.39, 0.29) is 11.8 Å². The SMILES string of the molecule is CC(C)CC(CN)C(=O)NC1CC=CC1. The Labute approximate surface area is 92.1 Å². The number of nitrogens with one attached hydrogen (secondary N) is 1. The van der Waals surface area contributed by atoms with Crippen LogP contribution < -0.4 is 11.1 Å². The zero-order chi connectivity index (χ0) is 11.3. The van der Waals surface area contributed by atoms with Crippen LogP contribution in [0.3, 0.4) is 0 Å². The summed E-state index contributed by atoms with van der Waals surface area (Å²) < 4.78 is 0. The van der Waals surface area contributed by atoms with Gasteiger partial charge in [0, 0.05) is 12.6 Å². The normalized spacial score (nSPS) is 18.4. The van der Waals surface area contributed by atoms with E-state index in [2.05, 4.69) is 31.3 Å². The Kier molecular flexibility index (Phi) is 4.82. The van der Waals surface area contributed by atoms with Gasteiger partial charge < -0.3 is 11.1 Å². The zero-order valence-electron chi connectivity index (χ0n) is 9.70. The molecule has 1 amide bonds. The smallest absolute Gasteiger partial charge is 0.224 e. The van der Waals surface area contributed by atoms with Crippen molar-refractivity contribution < 1.29 is 4.79 Å². The highest BCUT2D eigenvalue weighted by Gasteiger charge is 2.21. The van der Waals surface area contributed by atoms with Gasteiger partial charge in [0.15, 0.2) is 0 Å². The van der Waals surface area contributed by atoms with Crippen LogP contribution in [0.15, 0.2) is 12.2 Å². The molecule has 0 heterocycles. The largest absolute Gasteiger partial charge is 0.352 e. The van der Waals surface area contributed by atoms with Crippen LogP contribution in [0.4, 0.5) is 0 Å². The van der Waals surface area contributed by atoms with Gasteiger partial charge in [0.2, 0.25) is 5.91 Å². The molecule has 1 atom stereocenters. The number of carbonyl (C=O) groups is 1. The molecule has 0 aromatic heterocycles. The first-order valence-electron chi connectivity index (χ1n) is 5.79. The molecular weight excluding hydrogens is 188 g/mol. The molecule has 1 rings (SSSR count). The van der Waals surface area contributed by atoms with Crippen molar-refractivity contribution in [3.05, 3.63) is 12.2 Å². The number of nitrogens with two attached hydrogens (primary N) is 1. The third-order valence-electron chi connectivity index (χ3n) is 2.77. The lowest BCUT2D eigenvalue weighted by molar-refractivity contribution is -0.125. The second-order valence-electron chi connectivity index (χ2n) is 4.71. The molecule has 1 aliphatic rings. The van der Waals surface area contributed by atoms with E-state index in [1.54, 1.807) is 0 Å². The lowest BCUT2D eigenvalue weighted by Crippen LogP contribution is -2.40. The minimum absolute atomic E-state index is 0.0226. The van der Waals surface area contributed by atoms with Crippen LogP contribution in [0.2, 0.25) is 0 Å². The van der Waals surface area contributed by atoms with Gasteiger partial charge in [-0.15, -0.1) is 0 Å². The van der Waals surface area contributed by atoms with Gasteiger partial charge in [-0.2, -0.15) is 0 Å². The summed E-state index contributed by atoms with van der Waals surface area (Å²) in [5.41, 5.74) is 5.62. The summed E-state index contributed by atoms with van der Waals surface area (Å²) in [4.78, 5) is 11.8. The van der Waals surface area contributed by atoms with E-state index in [4.69, 9.17) is 5.73 Å². The molecule has 0 aliphatic heterocycles. The lowest BCUT2D eigenvalue weighted by atomic mass is 9.96. The first-order valence-corrected chi connectivity index (χ1v) is 5.79. The minimum Gasteiger partial charge on any atom is -0.352 e. The van der Waals surface area contributed by atoms with E-state index < -0.39 is 0 Å². The Morgan fingerprint density at radius 2 is 2.07 bits per heavy atom.